The zero-order valence-electron chi connectivity index (χ0n) is 10.7. The zero-order chi connectivity index (χ0) is 14.2. The van der Waals surface area contributed by atoms with E-state index in [1.807, 2.05) is 0 Å². The molecule has 0 aromatic heterocycles. The number of carbonyl (C=O) groups is 1. The van der Waals surface area contributed by atoms with Crippen molar-refractivity contribution in [2.75, 3.05) is 6.54 Å². The van der Waals surface area contributed by atoms with Crippen LogP contribution in [-0.4, -0.2) is 30.5 Å². The fourth-order valence-electron chi connectivity index (χ4n) is 1.67. The Morgan fingerprint density at radius 3 is 2.22 bits per heavy atom. The number of carbonyl (C=O) groups excluding carboxylic acids is 1. The van der Waals surface area contributed by atoms with Crippen LogP contribution in [0.2, 0.25) is 0 Å². The van der Waals surface area contributed by atoms with Crippen molar-refractivity contribution in [2.24, 2.45) is 11.1 Å². The van der Waals surface area contributed by atoms with Crippen LogP contribution in [0.4, 0.5) is 18.0 Å². The molecule has 1 aliphatic rings. The minimum absolute atomic E-state index is 0.109. The summed E-state index contributed by atoms with van der Waals surface area (Å²) in [6.07, 6.45) is -4.43. The second-order valence-corrected chi connectivity index (χ2v) is 5.74. The van der Waals surface area contributed by atoms with E-state index in [1.165, 1.54) is 0 Å². The van der Waals surface area contributed by atoms with Gasteiger partial charge in [0.05, 0.1) is 0 Å². The van der Waals surface area contributed by atoms with Crippen LogP contribution >= 0.6 is 0 Å². The van der Waals surface area contributed by atoms with Gasteiger partial charge in [0.15, 0.2) is 0 Å². The van der Waals surface area contributed by atoms with Gasteiger partial charge in [-0.1, -0.05) is 0 Å². The predicted octanol–water partition coefficient (Wildman–Crippen LogP) is 2.18. The molecule has 0 spiro atoms. The molecule has 0 aliphatic heterocycles. The Balaban J connectivity index is 2.47. The van der Waals surface area contributed by atoms with Crippen molar-refractivity contribution in [3.05, 3.63) is 0 Å². The molecule has 4 nitrogen and oxygen atoms in total. The molecule has 0 heterocycles. The van der Waals surface area contributed by atoms with Crippen molar-refractivity contribution >= 4 is 6.09 Å². The van der Waals surface area contributed by atoms with Gasteiger partial charge in [-0.3, -0.25) is 0 Å². The van der Waals surface area contributed by atoms with Crippen LogP contribution in [-0.2, 0) is 4.74 Å². The Morgan fingerprint density at radius 1 is 1.39 bits per heavy atom. The van der Waals surface area contributed by atoms with Gasteiger partial charge < -0.3 is 15.8 Å². The van der Waals surface area contributed by atoms with Crippen LogP contribution in [0.15, 0.2) is 0 Å². The van der Waals surface area contributed by atoms with Crippen molar-refractivity contribution in [1.29, 1.82) is 0 Å². The number of nitrogens with one attached hydrogen (secondary N) is 1. The number of amides is 1. The molecule has 0 aromatic carbocycles. The summed E-state index contributed by atoms with van der Waals surface area (Å²) in [5, 5.41) is 2.35. The number of alkyl carbamates (subject to hydrolysis) is 1. The molecule has 7 heteroatoms. The topological polar surface area (TPSA) is 64.3 Å². The van der Waals surface area contributed by atoms with E-state index in [0.29, 0.717) is 12.8 Å². The van der Waals surface area contributed by atoms with Crippen molar-refractivity contribution in [3.63, 3.8) is 0 Å². The Kier molecular flexibility index (Phi) is 3.86. The van der Waals surface area contributed by atoms with E-state index in [1.54, 1.807) is 20.8 Å². The molecule has 1 atom stereocenters. The highest BCUT2D eigenvalue weighted by molar-refractivity contribution is 5.67. The molecule has 0 bridgehead atoms. The molecular formula is C11H19F3N2O2. The lowest BCUT2D eigenvalue weighted by atomic mass is 9.97. The van der Waals surface area contributed by atoms with E-state index in [2.05, 4.69) is 5.32 Å². The first-order chi connectivity index (χ1) is 7.96. The highest BCUT2D eigenvalue weighted by atomic mass is 19.4. The lowest BCUT2D eigenvalue weighted by molar-refractivity contribution is -0.162. The summed E-state index contributed by atoms with van der Waals surface area (Å²) in [6, 6.07) is -1.90. The van der Waals surface area contributed by atoms with E-state index in [4.69, 9.17) is 10.5 Å². The fraction of sp³-hybridized carbons (Fsp3) is 0.909. The first-order valence-corrected chi connectivity index (χ1v) is 5.75. The van der Waals surface area contributed by atoms with Gasteiger partial charge in [-0.2, -0.15) is 13.2 Å². The molecule has 106 valence electrons. The average Bonchev–Trinajstić information content (AvgIpc) is 2.90. The van der Waals surface area contributed by atoms with E-state index in [-0.39, 0.29) is 6.54 Å². The van der Waals surface area contributed by atoms with Crippen molar-refractivity contribution in [2.45, 2.75) is 51.4 Å². The summed E-state index contributed by atoms with van der Waals surface area (Å²) in [5.41, 5.74) is 3.45. The zero-order valence-corrected chi connectivity index (χ0v) is 10.7. The number of hydrogen-bond donors (Lipinski definition) is 2. The number of halogens is 3. The van der Waals surface area contributed by atoms with E-state index in [0.717, 1.165) is 0 Å². The Labute approximate surface area is 104 Å². The van der Waals surface area contributed by atoms with E-state index < -0.39 is 29.3 Å². The van der Waals surface area contributed by atoms with Crippen LogP contribution < -0.4 is 11.1 Å². The smallest absolute Gasteiger partial charge is 0.407 e. The monoisotopic (exact) mass is 268 g/mol. The molecule has 0 aromatic rings. The van der Waals surface area contributed by atoms with Crippen LogP contribution in [0.5, 0.6) is 0 Å². The van der Waals surface area contributed by atoms with Gasteiger partial charge in [-0.05, 0) is 33.6 Å². The molecule has 3 N–H and O–H groups in total. The molecule has 1 rings (SSSR count). The second-order valence-electron chi connectivity index (χ2n) is 5.74. The lowest BCUT2D eigenvalue weighted by Gasteiger charge is -2.26. The molecule has 0 radical (unpaired) electrons. The molecule has 1 saturated carbocycles. The van der Waals surface area contributed by atoms with Gasteiger partial charge in [-0.25, -0.2) is 4.79 Å². The molecule has 18 heavy (non-hydrogen) atoms. The number of nitrogens with two attached hydrogens (primary N) is 1. The first-order valence-electron chi connectivity index (χ1n) is 5.75. The molecule has 1 amide bonds. The maximum absolute atomic E-state index is 12.5. The molecule has 1 aliphatic carbocycles. The van der Waals surface area contributed by atoms with Gasteiger partial charge in [-0.15, -0.1) is 0 Å². The Bertz CT molecular complexity index is 319. The molecular weight excluding hydrogens is 249 g/mol. The third-order valence-corrected chi connectivity index (χ3v) is 2.89. The Morgan fingerprint density at radius 2 is 1.89 bits per heavy atom. The summed E-state index contributed by atoms with van der Waals surface area (Å²) in [7, 11) is 0. The van der Waals surface area contributed by atoms with Gasteiger partial charge in [0, 0.05) is 12.0 Å². The maximum atomic E-state index is 12.5. The van der Waals surface area contributed by atoms with E-state index >= 15 is 0 Å². The van der Waals surface area contributed by atoms with Crippen LogP contribution in [0.25, 0.3) is 0 Å². The normalized spacial score (nSPS) is 20.2. The summed E-state index contributed by atoms with van der Waals surface area (Å²) >= 11 is 0. The number of hydrogen-bond acceptors (Lipinski definition) is 3. The first kappa shape index (κ1) is 15.1. The van der Waals surface area contributed by atoms with Gasteiger partial charge in [0.1, 0.15) is 11.6 Å². The highest BCUT2D eigenvalue weighted by Gasteiger charge is 2.58. The quantitative estimate of drug-likeness (QED) is 0.824. The van der Waals surface area contributed by atoms with Gasteiger partial charge in [0.2, 0.25) is 0 Å². The van der Waals surface area contributed by atoms with Crippen molar-refractivity contribution in [3.8, 4) is 0 Å². The predicted molar refractivity (Wildman–Crippen MR) is 59.9 cm³/mol. The van der Waals surface area contributed by atoms with Crippen molar-refractivity contribution in [1.82, 2.24) is 5.32 Å². The second kappa shape index (κ2) is 4.60. The Hall–Kier alpha value is -0.980. The largest absolute Gasteiger partial charge is 0.444 e. The molecule has 1 unspecified atom stereocenters. The van der Waals surface area contributed by atoms with E-state index in [9.17, 15) is 18.0 Å². The minimum atomic E-state index is -4.44. The summed E-state index contributed by atoms with van der Waals surface area (Å²) in [6.45, 7) is 4.94. The average molecular weight is 268 g/mol. The SMILES string of the molecule is CC(C)(C)OC(=O)NCC1(C(N)C(F)(F)F)CC1. The standard InChI is InChI=1S/C11H19F3N2O2/c1-9(2,3)18-8(17)16-6-10(4-5-10)7(15)11(12,13)14/h7H,4-6,15H2,1-3H3,(H,16,17). The van der Waals surface area contributed by atoms with Crippen LogP contribution in [0.1, 0.15) is 33.6 Å². The third kappa shape index (κ3) is 4.04. The summed E-state index contributed by atoms with van der Waals surface area (Å²) in [5.74, 6) is 0. The number of alkyl halides is 3. The maximum Gasteiger partial charge on any atom is 0.407 e. The molecule has 1 fully saturated rings. The fourth-order valence-corrected chi connectivity index (χ4v) is 1.67. The van der Waals surface area contributed by atoms with Crippen molar-refractivity contribution < 1.29 is 22.7 Å². The third-order valence-electron chi connectivity index (χ3n) is 2.89. The number of ether oxygens (including phenoxy) is 1. The van der Waals surface area contributed by atoms with Gasteiger partial charge in [0.25, 0.3) is 0 Å². The number of rotatable bonds is 3. The highest BCUT2D eigenvalue weighted by Crippen LogP contribution is 2.51. The summed E-state index contributed by atoms with van der Waals surface area (Å²) < 4.78 is 42.5. The summed E-state index contributed by atoms with van der Waals surface area (Å²) in [4.78, 5) is 11.4. The van der Waals surface area contributed by atoms with Crippen LogP contribution in [0, 0.1) is 5.41 Å². The van der Waals surface area contributed by atoms with Crippen LogP contribution in [0.3, 0.4) is 0 Å². The van der Waals surface area contributed by atoms with Gasteiger partial charge >= 0.3 is 12.3 Å². The minimum Gasteiger partial charge on any atom is -0.444 e. The molecule has 0 saturated heterocycles. The lowest BCUT2D eigenvalue weighted by Crippen LogP contribution is -2.50.